The minimum absolute atomic E-state index is 0.158. The van der Waals surface area contributed by atoms with Gasteiger partial charge in [0.2, 0.25) is 5.91 Å². The number of carbonyl (C=O) groups excluding carboxylic acids is 1. The van der Waals surface area contributed by atoms with Crippen molar-refractivity contribution in [2.75, 3.05) is 31.6 Å². The number of thioether (sulfide) groups is 1. The molecule has 27 heavy (non-hydrogen) atoms. The highest BCUT2D eigenvalue weighted by Crippen LogP contribution is 2.37. The number of nitrogens with zero attached hydrogens (tertiary/aromatic N) is 2. The van der Waals surface area contributed by atoms with Crippen molar-refractivity contribution in [3.63, 3.8) is 0 Å². The SMILES string of the molecule is CCOc1ccc(CN(C)CC(=O)N2CCC(C)Sc3ccccc32)cc1. The standard InChI is InChI=1S/C22H28N2O2S/c1-4-26-19-11-9-18(10-12-19)15-23(3)16-22(25)24-14-13-17(2)27-21-8-6-5-7-20(21)24/h5-12,17H,4,13-16H2,1-3H3. The Morgan fingerprint density at radius 2 is 1.96 bits per heavy atom. The van der Waals surface area contributed by atoms with Crippen LogP contribution in [0.4, 0.5) is 5.69 Å². The summed E-state index contributed by atoms with van der Waals surface area (Å²) in [5, 5.41) is 0.519. The number of carbonyl (C=O) groups is 1. The smallest absolute Gasteiger partial charge is 0.241 e. The topological polar surface area (TPSA) is 32.8 Å². The van der Waals surface area contributed by atoms with Crippen LogP contribution in [-0.2, 0) is 11.3 Å². The molecule has 0 bridgehead atoms. The maximum Gasteiger partial charge on any atom is 0.241 e. The van der Waals surface area contributed by atoms with Crippen molar-refractivity contribution < 1.29 is 9.53 Å². The normalized spacial score (nSPS) is 16.7. The molecule has 0 saturated heterocycles. The molecule has 0 N–H and O–H groups in total. The Bertz CT molecular complexity index is 763. The van der Waals surface area contributed by atoms with E-state index in [9.17, 15) is 4.79 Å². The summed E-state index contributed by atoms with van der Waals surface area (Å²) in [6.07, 6.45) is 1.01. The summed E-state index contributed by atoms with van der Waals surface area (Å²) in [5.41, 5.74) is 2.22. The van der Waals surface area contributed by atoms with Gasteiger partial charge in [-0.25, -0.2) is 0 Å². The van der Waals surface area contributed by atoms with Crippen LogP contribution >= 0.6 is 11.8 Å². The molecule has 1 amide bonds. The first kappa shape index (κ1) is 19.8. The number of fused-ring (bicyclic) bond motifs is 1. The highest BCUT2D eigenvalue weighted by atomic mass is 32.2. The van der Waals surface area contributed by atoms with E-state index in [0.717, 1.165) is 30.9 Å². The van der Waals surface area contributed by atoms with Crippen LogP contribution in [-0.4, -0.2) is 42.8 Å². The lowest BCUT2D eigenvalue weighted by Gasteiger charge is -2.25. The van der Waals surface area contributed by atoms with Crippen LogP contribution in [0.15, 0.2) is 53.4 Å². The fourth-order valence-electron chi connectivity index (χ4n) is 3.29. The quantitative estimate of drug-likeness (QED) is 0.737. The molecule has 1 atom stereocenters. The van der Waals surface area contributed by atoms with Crippen LogP contribution in [0, 0.1) is 0 Å². The zero-order chi connectivity index (χ0) is 19.2. The zero-order valence-corrected chi connectivity index (χ0v) is 17.2. The Balaban J connectivity index is 1.64. The van der Waals surface area contributed by atoms with Crippen LogP contribution in [0.3, 0.4) is 0 Å². The molecule has 5 heteroatoms. The number of rotatable bonds is 6. The van der Waals surface area contributed by atoms with Gasteiger partial charge in [0.25, 0.3) is 0 Å². The summed E-state index contributed by atoms with van der Waals surface area (Å²) < 4.78 is 5.49. The van der Waals surface area contributed by atoms with Gasteiger partial charge in [0.1, 0.15) is 5.75 Å². The Hall–Kier alpha value is -1.98. The third-order valence-corrected chi connectivity index (χ3v) is 5.87. The first-order valence-electron chi connectivity index (χ1n) is 9.53. The van der Waals surface area contributed by atoms with Gasteiger partial charge in [0.15, 0.2) is 0 Å². The zero-order valence-electron chi connectivity index (χ0n) is 16.4. The monoisotopic (exact) mass is 384 g/mol. The van der Waals surface area contributed by atoms with E-state index in [1.807, 2.05) is 54.9 Å². The van der Waals surface area contributed by atoms with Gasteiger partial charge in [0, 0.05) is 23.2 Å². The van der Waals surface area contributed by atoms with E-state index >= 15 is 0 Å². The van der Waals surface area contributed by atoms with Gasteiger partial charge in [-0.3, -0.25) is 9.69 Å². The lowest BCUT2D eigenvalue weighted by atomic mass is 10.2. The van der Waals surface area contributed by atoms with Gasteiger partial charge in [-0.05, 0) is 50.2 Å². The number of anilines is 1. The largest absolute Gasteiger partial charge is 0.494 e. The van der Waals surface area contributed by atoms with Crippen LogP contribution in [0.25, 0.3) is 0 Å². The third-order valence-electron chi connectivity index (χ3n) is 4.64. The molecular weight excluding hydrogens is 356 g/mol. The summed E-state index contributed by atoms with van der Waals surface area (Å²) in [5.74, 6) is 1.04. The van der Waals surface area contributed by atoms with Gasteiger partial charge in [-0.2, -0.15) is 0 Å². The van der Waals surface area contributed by atoms with E-state index in [2.05, 4.69) is 36.1 Å². The summed E-state index contributed by atoms with van der Waals surface area (Å²) in [4.78, 5) is 18.2. The van der Waals surface area contributed by atoms with Crippen LogP contribution < -0.4 is 9.64 Å². The second-order valence-corrected chi connectivity index (χ2v) is 8.46. The number of ether oxygens (including phenoxy) is 1. The highest BCUT2D eigenvalue weighted by molar-refractivity contribution is 8.00. The molecule has 0 radical (unpaired) electrons. The molecule has 0 saturated carbocycles. The summed E-state index contributed by atoms with van der Waals surface area (Å²) in [6, 6.07) is 16.3. The first-order chi connectivity index (χ1) is 13.1. The molecule has 1 aliphatic rings. The number of benzene rings is 2. The molecule has 0 fully saturated rings. The van der Waals surface area contributed by atoms with Crippen LogP contribution in [0.2, 0.25) is 0 Å². The summed E-state index contributed by atoms with van der Waals surface area (Å²) in [7, 11) is 2.00. The number of hydrogen-bond donors (Lipinski definition) is 0. The number of para-hydroxylation sites is 1. The molecule has 4 nitrogen and oxygen atoms in total. The molecule has 1 aliphatic heterocycles. The minimum atomic E-state index is 0.158. The predicted molar refractivity (Wildman–Crippen MR) is 113 cm³/mol. The van der Waals surface area contributed by atoms with Crippen molar-refractivity contribution in [3.05, 3.63) is 54.1 Å². The number of hydrogen-bond acceptors (Lipinski definition) is 4. The first-order valence-corrected chi connectivity index (χ1v) is 10.4. The number of likely N-dealkylation sites (N-methyl/N-ethyl adjacent to an activating group) is 1. The van der Waals surface area contributed by atoms with E-state index < -0.39 is 0 Å². The van der Waals surface area contributed by atoms with Crippen molar-refractivity contribution in [2.45, 2.75) is 37.0 Å². The summed E-state index contributed by atoms with van der Waals surface area (Å²) >= 11 is 1.86. The predicted octanol–water partition coefficient (Wildman–Crippen LogP) is 4.43. The van der Waals surface area contributed by atoms with E-state index in [1.54, 1.807) is 0 Å². The van der Waals surface area contributed by atoms with Crippen LogP contribution in [0.5, 0.6) is 5.75 Å². The van der Waals surface area contributed by atoms with Crippen molar-refractivity contribution >= 4 is 23.4 Å². The second-order valence-electron chi connectivity index (χ2n) is 6.98. The average Bonchev–Trinajstić information content (AvgIpc) is 2.81. The average molecular weight is 385 g/mol. The maximum atomic E-state index is 13.0. The molecular formula is C22H28N2O2S. The van der Waals surface area contributed by atoms with Gasteiger partial charge in [-0.15, -0.1) is 11.8 Å². The molecule has 0 spiro atoms. The van der Waals surface area contributed by atoms with E-state index in [1.165, 1.54) is 10.5 Å². The lowest BCUT2D eigenvalue weighted by molar-refractivity contribution is -0.119. The molecule has 3 rings (SSSR count). The molecule has 144 valence electrons. The maximum absolute atomic E-state index is 13.0. The van der Waals surface area contributed by atoms with Gasteiger partial charge in [0.05, 0.1) is 18.8 Å². The fourth-order valence-corrected chi connectivity index (χ4v) is 4.40. The third kappa shape index (κ3) is 5.27. The fraction of sp³-hybridized carbons (Fsp3) is 0.409. The Kier molecular flexibility index (Phi) is 6.80. The van der Waals surface area contributed by atoms with Crippen molar-refractivity contribution in [1.29, 1.82) is 0 Å². The van der Waals surface area contributed by atoms with E-state index in [0.29, 0.717) is 18.4 Å². The summed E-state index contributed by atoms with van der Waals surface area (Å²) in [6.45, 7) is 6.79. The lowest BCUT2D eigenvalue weighted by Crippen LogP contribution is -2.39. The van der Waals surface area contributed by atoms with Crippen molar-refractivity contribution in [1.82, 2.24) is 4.90 Å². The van der Waals surface area contributed by atoms with Gasteiger partial charge in [-0.1, -0.05) is 31.2 Å². The van der Waals surface area contributed by atoms with Gasteiger partial charge >= 0.3 is 0 Å². The second kappa shape index (κ2) is 9.29. The highest BCUT2D eigenvalue weighted by Gasteiger charge is 2.24. The molecule has 0 aliphatic carbocycles. The Morgan fingerprint density at radius 1 is 1.22 bits per heavy atom. The van der Waals surface area contributed by atoms with Crippen molar-refractivity contribution in [2.24, 2.45) is 0 Å². The van der Waals surface area contributed by atoms with E-state index in [-0.39, 0.29) is 5.91 Å². The Morgan fingerprint density at radius 3 is 2.70 bits per heavy atom. The molecule has 2 aromatic rings. The molecule has 0 aromatic heterocycles. The van der Waals surface area contributed by atoms with E-state index in [4.69, 9.17) is 4.74 Å². The van der Waals surface area contributed by atoms with Crippen LogP contribution in [0.1, 0.15) is 25.8 Å². The van der Waals surface area contributed by atoms with Gasteiger partial charge < -0.3 is 9.64 Å². The molecule has 1 unspecified atom stereocenters. The number of amides is 1. The Labute approximate surface area is 166 Å². The minimum Gasteiger partial charge on any atom is -0.494 e. The molecule has 1 heterocycles. The van der Waals surface area contributed by atoms with Crippen molar-refractivity contribution in [3.8, 4) is 5.75 Å². The molecule has 2 aromatic carbocycles.